The molecule has 17 heavy (non-hydrogen) atoms. The first-order valence-corrected chi connectivity index (χ1v) is 6.23. The second kappa shape index (κ2) is 4.42. The Hall–Kier alpha value is -0.870. The molecule has 1 fully saturated rings. The van der Waals surface area contributed by atoms with Gasteiger partial charge in [0.1, 0.15) is 0 Å². The van der Waals surface area contributed by atoms with Crippen molar-refractivity contribution in [3.8, 4) is 0 Å². The number of fused-ring (bicyclic) bond motifs is 1. The number of aliphatic carboxylic acids is 1. The first-order valence-electron chi connectivity index (χ1n) is 6.23. The molecule has 3 N–H and O–H groups in total. The van der Waals surface area contributed by atoms with E-state index >= 15 is 0 Å². The van der Waals surface area contributed by atoms with Crippen molar-refractivity contribution >= 4 is 5.97 Å². The summed E-state index contributed by atoms with van der Waals surface area (Å²) in [5.74, 6) is -0.0115. The lowest BCUT2D eigenvalue weighted by atomic mass is 9.53. The number of allylic oxidation sites excluding steroid dienone is 1. The smallest absolute Gasteiger partial charge is 0.303 e. The van der Waals surface area contributed by atoms with Crippen LogP contribution in [-0.4, -0.2) is 30.8 Å². The predicted molar refractivity (Wildman–Crippen MR) is 64.5 cm³/mol. The van der Waals surface area contributed by atoms with E-state index in [2.05, 4.69) is 13.0 Å². The van der Waals surface area contributed by atoms with Gasteiger partial charge in [0.2, 0.25) is 0 Å². The van der Waals surface area contributed by atoms with Gasteiger partial charge in [-0.1, -0.05) is 13.0 Å². The molecule has 4 atom stereocenters. The summed E-state index contributed by atoms with van der Waals surface area (Å²) in [4.78, 5) is 10.9. The third-order valence-electron chi connectivity index (χ3n) is 4.53. The summed E-state index contributed by atoms with van der Waals surface area (Å²) in [7, 11) is 1.73. The van der Waals surface area contributed by atoms with Crippen LogP contribution in [0, 0.1) is 17.3 Å². The van der Waals surface area contributed by atoms with Crippen LogP contribution in [0.5, 0.6) is 0 Å². The van der Waals surface area contributed by atoms with Crippen LogP contribution in [0.15, 0.2) is 11.6 Å². The molecular formula is C13H21NO3. The van der Waals surface area contributed by atoms with E-state index in [0.29, 0.717) is 18.4 Å². The molecular weight excluding hydrogens is 218 g/mol. The molecule has 2 aliphatic rings. The predicted octanol–water partition coefficient (Wildman–Crippen LogP) is 1.41. The first kappa shape index (κ1) is 12.6. The average molecular weight is 239 g/mol. The molecule has 0 aliphatic heterocycles. The number of carbonyl (C=O) groups is 1. The van der Waals surface area contributed by atoms with E-state index in [0.717, 1.165) is 12.8 Å². The molecule has 0 amide bonds. The van der Waals surface area contributed by atoms with Gasteiger partial charge in [0.15, 0.2) is 0 Å². The summed E-state index contributed by atoms with van der Waals surface area (Å²) >= 11 is 0. The lowest BCUT2D eigenvalue weighted by Crippen LogP contribution is -2.54. The van der Waals surface area contributed by atoms with Crippen LogP contribution in [0.25, 0.3) is 0 Å². The zero-order valence-electron chi connectivity index (χ0n) is 10.5. The number of rotatable bonds is 5. The highest BCUT2D eigenvalue weighted by Gasteiger charge is 2.58. The Labute approximate surface area is 102 Å². The molecule has 2 aliphatic carbocycles. The maximum Gasteiger partial charge on any atom is 0.303 e. The van der Waals surface area contributed by atoms with Crippen LogP contribution >= 0.6 is 0 Å². The molecule has 0 aromatic carbocycles. The van der Waals surface area contributed by atoms with Gasteiger partial charge in [0.25, 0.3) is 0 Å². The van der Waals surface area contributed by atoms with Crippen molar-refractivity contribution in [2.75, 3.05) is 13.7 Å². The van der Waals surface area contributed by atoms with E-state index in [1.807, 2.05) is 0 Å². The fourth-order valence-electron chi connectivity index (χ4n) is 3.65. The minimum Gasteiger partial charge on any atom is -0.481 e. The molecule has 0 spiro atoms. The maximum atomic E-state index is 10.9. The Bertz CT molecular complexity index is 353. The summed E-state index contributed by atoms with van der Waals surface area (Å²) < 4.78 is 5.53. The van der Waals surface area contributed by atoms with Gasteiger partial charge in [-0.15, -0.1) is 0 Å². The summed E-state index contributed by atoms with van der Waals surface area (Å²) in [5.41, 5.74) is 6.89. The molecule has 0 bridgehead atoms. The van der Waals surface area contributed by atoms with E-state index in [4.69, 9.17) is 15.6 Å². The van der Waals surface area contributed by atoms with Gasteiger partial charge in [-0.3, -0.25) is 4.79 Å². The number of hydrogen-bond donors (Lipinski definition) is 2. The standard InChI is InChI=1S/C13H21NO3/c1-3-8-4-10-9(12(8)17-2)5-13(10,7-14)6-11(15)16/h4,9-10,12H,3,5-7,14H2,1-2H3,(H,15,16)/t9-,10-,12?,13-/m1/s1. The normalized spacial score (nSPS) is 39.5. The third kappa shape index (κ3) is 1.79. The number of carboxylic acids is 1. The zero-order chi connectivity index (χ0) is 12.6. The summed E-state index contributed by atoms with van der Waals surface area (Å²) in [6.45, 7) is 2.56. The minimum atomic E-state index is -0.749. The number of hydrogen-bond acceptors (Lipinski definition) is 3. The lowest BCUT2D eigenvalue weighted by Gasteiger charge is -2.52. The summed E-state index contributed by atoms with van der Waals surface area (Å²) in [5, 5.41) is 9.00. The van der Waals surface area contributed by atoms with Crippen molar-refractivity contribution in [3.05, 3.63) is 11.6 Å². The van der Waals surface area contributed by atoms with Crippen LogP contribution < -0.4 is 5.73 Å². The van der Waals surface area contributed by atoms with E-state index in [-0.39, 0.29) is 17.9 Å². The van der Waals surface area contributed by atoms with E-state index < -0.39 is 5.97 Å². The van der Waals surface area contributed by atoms with Gasteiger partial charge in [0, 0.05) is 12.5 Å². The number of methoxy groups -OCH3 is 1. The van der Waals surface area contributed by atoms with Crippen LogP contribution in [0.1, 0.15) is 26.2 Å². The average Bonchev–Trinajstić information content (AvgIpc) is 2.59. The quantitative estimate of drug-likeness (QED) is 0.711. The van der Waals surface area contributed by atoms with Crippen molar-refractivity contribution in [1.82, 2.24) is 0 Å². The van der Waals surface area contributed by atoms with Gasteiger partial charge >= 0.3 is 5.97 Å². The monoisotopic (exact) mass is 239 g/mol. The Kier molecular flexibility index (Phi) is 3.27. The number of nitrogens with two attached hydrogens (primary N) is 1. The molecule has 0 heterocycles. The van der Waals surface area contributed by atoms with Gasteiger partial charge in [0.05, 0.1) is 12.5 Å². The number of carboxylic acid groups (broad SMARTS) is 1. The molecule has 96 valence electrons. The second-order valence-corrected chi connectivity index (χ2v) is 5.28. The molecule has 1 saturated carbocycles. The third-order valence-corrected chi connectivity index (χ3v) is 4.53. The highest BCUT2D eigenvalue weighted by molar-refractivity contribution is 5.68. The van der Waals surface area contributed by atoms with Crippen molar-refractivity contribution in [1.29, 1.82) is 0 Å². The summed E-state index contributed by atoms with van der Waals surface area (Å²) in [6.07, 6.45) is 4.42. The van der Waals surface area contributed by atoms with Crippen molar-refractivity contribution in [2.45, 2.75) is 32.3 Å². The van der Waals surface area contributed by atoms with Crippen LogP contribution in [0.4, 0.5) is 0 Å². The molecule has 1 unspecified atom stereocenters. The minimum absolute atomic E-state index is 0.175. The van der Waals surface area contributed by atoms with E-state index in [1.165, 1.54) is 5.57 Å². The SMILES string of the molecule is CCC1=C[C@@H]2[C@@H](C[C@]2(CN)CC(=O)O)C1OC. The van der Waals surface area contributed by atoms with Gasteiger partial charge < -0.3 is 15.6 Å². The van der Waals surface area contributed by atoms with Gasteiger partial charge in [-0.2, -0.15) is 0 Å². The van der Waals surface area contributed by atoms with Crippen molar-refractivity contribution < 1.29 is 14.6 Å². The highest BCUT2D eigenvalue weighted by Crippen LogP contribution is 2.60. The Morgan fingerprint density at radius 1 is 1.71 bits per heavy atom. The Morgan fingerprint density at radius 3 is 2.88 bits per heavy atom. The highest BCUT2D eigenvalue weighted by atomic mass is 16.5. The van der Waals surface area contributed by atoms with Crippen LogP contribution in [0.2, 0.25) is 0 Å². The van der Waals surface area contributed by atoms with Crippen molar-refractivity contribution in [3.63, 3.8) is 0 Å². The molecule has 4 heteroatoms. The first-order chi connectivity index (χ1) is 8.07. The fraction of sp³-hybridized carbons (Fsp3) is 0.769. The second-order valence-electron chi connectivity index (χ2n) is 5.28. The molecule has 2 rings (SSSR count). The van der Waals surface area contributed by atoms with Crippen LogP contribution in [-0.2, 0) is 9.53 Å². The summed E-state index contributed by atoms with van der Waals surface area (Å²) in [6, 6.07) is 0. The number of ether oxygens (including phenoxy) is 1. The van der Waals surface area contributed by atoms with Crippen LogP contribution in [0.3, 0.4) is 0 Å². The molecule has 0 radical (unpaired) electrons. The Morgan fingerprint density at radius 2 is 2.41 bits per heavy atom. The molecule has 4 nitrogen and oxygen atoms in total. The Balaban J connectivity index is 2.18. The van der Waals surface area contributed by atoms with E-state index in [9.17, 15) is 4.79 Å². The van der Waals surface area contributed by atoms with E-state index in [1.54, 1.807) is 7.11 Å². The molecule has 0 aromatic rings. The van der Waals surface area contributed by atoms with Gasteiger partial charge in [-0.25, -0.2) is 0 Å². The van der Waals surface area contributed by atoms with Crippen molar-refractivity contribution in [2.24, 2.45) is 23.0 Å². The molecule has 0 aromatic heterocycles. The lowest BCUT2D eigenvalue weighted by molar-refractivity contribution is -0.146. The van der Waals surface area contributed by atoms with Gasteiger partial charge in [-0.05, 0) is 36.8 Å². The topological polar surface area (TPSA) is 72.6 Å². The zero-order valence-corrected chi connectivity index (χ0v) is 10.5. The largest absolute Gasteiger partial charge is 0.481 e. The molecule has 0 saturated heterocycles. The maximum absolute atomic E-state index is 10.9. The fourth-order valence-corrected chi connectivity index (χ4v) is 3.65.